The standard InChI is InChI=1S/C39H53ClN2/c1-7-32-25-35(39(40)26-36(32)28-41(6)37(8-2)9-3)20-19-31-14-12-17-34(24-31)38-18-13-16-33(30(38)5)15-10-11-22-42-23-21-29(4)27-42/h7,12-14,16-18,24-26,29,37H,1,8-11,15,19-23,27-28H2,2-6H3. The van der Waals surface area contributed by atoms with Gasteiger partial charge in [0.05, 0.1) is 0 Å². The van der Waals surface area contributed by atoms with Crippen molar-refractivity contribution < 1.29 is 0 Å². The molecule has 1 saturated heterocycles. The van der Waals surface area contributed by atoms with Crippen molar-refractivity contribution in [1.29, 1.82) is 0 Å². The average molecular weight is 585 g/mol. The fourth-order valence-electron chi connectivity index (χ4n) is 6.83. The van der Waals surface area contributed by atoms with E-state index < -0.39 is 0 Å². The Morgan fingerprint density at radius 1 is 0.976 bits per heavy atom. The average Bonchev–Trinajstić information content (AvgIpc) is 3.41. The molecule has 0 amide bonds. The van der Waals surface area contributed by atoms with Crippen molar-refractivity contribution in [3.05, 3.63) is 99.6 Å². The molecule has 0 saturated carbocycles. The lowest BCUT2D eigenvalue weighted by molar-refractivity contribution is 0.221. The van der Waals surface area contributed by atoms with Crippen LogP contribution in [0.5, 0.6) is 0 Å². The smallest absolute Gasteiger partial charge is 0.0441 e. The fraction of sp³-hybridized carbons (Fsp3) is 0.487. The molecule has 0 N–H and O–H groups in total. The summed E-state index contributed by atoms with van der Waals surface area (Å²) in [6, 6.07) is 21.0. The number of hydrogen-bond donors (Lipinski definition) is 0. The predicted molar refractivity (Wildman–Crippen MR) is 185 cm³/mol. The van der Waals surface area contributed by atoms with Crippen LogP contribution in [-0.2, 0) is 25.8 Å². The van der Waals surface area contributed by atoms with E-state index in [1.165, 1.54) is 83.4 Å². The molecule has 1 unspecified atom stereocenters. The van der Waals surface area contributed by atoms with Gasteiger partial charge in [0.1, 0.15) is 0 Å². The highest BCUT2D eigenvalue weighted by molar-refractivity contribution is 6.31. The van der Waals surface area contributed by atoms with E-state index in [1.54, 1.807) is 0 Å². The highest BCUT2D eigenvalue weighted by atomic mass is 35.5. The van der Waals surface area contributed by atoms with E-state index >= 15 is 0 Å². The van der Waals surface area contributed by atoms with Crippen LogP contribution in [0.15, 0.2) is 61.2 Å². The Labute approximate surface area is 261 Å². The number of unbranched alkanes of at least 4 members (excludes halogenated alkanes) is 1. The van der Waals surface area contributed by atoms with Crippen LogP contribution in [0.25, 0.3) is 17.2 Å². The summed E-state index contributed by atoms with van der Waals surface area (Å²) >= 11 is 6.86. The van der Waals surface area contributed by atoms with Gasteiger partial charge in [-0.2, -0.15) is 0 Å². The second kappa shape index (κ2) is 15.9. The van der Waals surface area contributed by atoms with Crippen molar-refractivity contribution in [1.82, 2.24) is 9.80 Å². The third-order valence-electron chi connectivity index (χ3n) is 9.56. The van der Waals surface area contributed by atoms with Crippen LogP contribution in [0.3, 0.4) is 0 Å². The first-order valence-electron chi connectivity index (χ1n) is 16.4. The maximum Gasteiger partial charge on any atom is 0.0441 e. The Morgan fingerprint density at radius 3 is 2.48 bits per heavy atom. The molecule has 4 rings (SSSR count). The normalized spacial score (nSPS) is 15.7. The summed E-state index contributed by atoms with van der Waals surface area (Å²) in [4.78, 5) is 5.09. The maximum absolute atomic E-state index is 6.86. The molecule has 0 aromatic heterocycles. The largest absolute Gasteiger partial charge is 0.303 e. The molecule has 226 valence electrons. The molecule has 3 aromatic carbocycles. The molecule has 3 heteroatoms. The lowest BCUT2D eigenvalue weighted by Gasteiger charge is -2.27. The zero-order chi connectivity index (χ0) is 30.1. The van der Waals surface area contributed by atoms with Crippen molar-refractivity contribution >= 4 is 17.7 Å². The quantitative estimate of drug-likeness (QED) is 0.164. The third-order valence-corrected chi connectivity index (χ3v) is 9.91. The van der Waals surface area contributed by atoms with Gasteiger partial charge in [0.2, 0.25) is 0 Å². The van der Waals surface area contributed by atoms with E-state index in [0.29, 0.717) is 6.04 Å². The van der Waals surface area contributed by atoms with E-state index in [1.807, 2.05) is 6.08 Å². The second-order valence-electron chi connectivity index (χ2n) is 12.7. The maximum atomic E-state index is 6.86. The summed E-state index contributed by atoms with van der Waals surface area (Å²) in [5.74, 6) is 0.873. The Bertz CT molecular complexity index is 1310. The molecular weight excluding hydrogens is 532 g/mol. The topological polar surface area (TPSA) is 6.48 Å². The molecule has 3 aromatic rings. The van der Waals surface area contributed by atoms with Gasteiger partial charge in [0.15, 0.2) is 0 Å². The number of aryl methyl sites for hydroxylation is 3. The molecule has 42 heavy (non-hydrogen) atoms. The minimum atomic E-state index is 0.585. The van der Waals surface area contributed by atoms with Crippen molar-refractivity contribution in [3.8, 4) is 11.1 Å². The van der Waals surface area contributed by atoms with Crippen molar-refractivity contribution in [2.24, 2.45) is 5.92 Å². The van der Waals surface area contributed by atoms with E-state index in [4.69, 9.17) is 11.6 Å². The molecule has 1 aliphatic heterocycles. The number of rotatable bonds is 15. The van der Waals surface area contributed by atoms with Gasteiger partial charge in [-0.25, -0.2) is 0 Å². The molecule has 1 heterocycles. The third kappa shape index (κ3) is 8.59. The zero-order valence-corrected chi connectivity index (χ0v) is 27.6. The molecule has 1 fully saturated rings. The van der Waals surface area contributed by atoms with Crippen LogP contribution in [0.2, 0.25) is 5.02 Å². The van der Waals surface area contributed by atoms with Crippen molar-refractivity contribution in [3.63, 3.8) is 0 Å². The number of halogens is 1. The van der Waals surface area contributed by atoms with Gasteiger partial charge in [0, 0.05) is 24.2 Å². The van der Waals surface area contributed by atoms with Crippen molar-refractivity contribution in [2.75, 3.05) is 26.7 Å². The van der Waals surface area contributed by atoms with Gasteiger partial charge in [0.25, 0.3) is 0 Å². The van der Waals surface area contributed by atoms with E-state index in [9.17, 15) is 0 Å². The van der Waals surface area contributed by atoms with E-state index in [0.717, 1.165) is 49.6 Å². The lowest BCUT2D eigenvalue weighted by atomic mass is 9.92. The summed E-state index contributed by atoms with van der Waals surface area (Å²) in [6.45, 7) is 18.0. The number of benzene rings is 3. The highest BCUT2D eigenvalue weighted by Gasteiger charge is 2.18. The Kier molecular flexibility index (Phi) is 12.3. The molecular formula is C39H53ClN2. The van der Waals surface area contributed by atoms with E-state index in [-0.39, 0.29) is 0 Å². The summed E-state index contributed by atoms with van der Waals surface area (Å²) < 4.78 is 0. The Hall–Kier alpha value is -2.39. The van der Waals surface area contributed by atoms with Gasteiger partial charge < -0.3 is 4.90 Å². The van der Waals surface area contributed by atoms with Gasteiger partial charge in [-0.15, -0.1) is 0 Å². The van der Waals surface area contributed by atoms with Gasteiger partial charge in [-0.3, -0.25) is 4.90 Å². The SMILES string of the molecule is C=Cc1cc(CCc2cccc(-c3cccc(CCCCN4CCC(C)C4)c3C)c2)c(Cl)cc1CN(C)C(CC)CC. The Morgan fingerprint density at radius 2 is 1.76 bits per heavy atom. The summed E-state index contributed by atoms with van der Waals surface area (Å²) in [5, 5.41) is 0.868. The van der Waals surface area contributed by atoms with Crippen LogP contribution < -0.4 is 0 Å². The van der Waals surface area contributed by atoms with Crippen LogP contribution in [-0.4, -0.2) is 42.5 Å². The fourth-order valence-corrected chi connectivity index (χ4v) is 7.11. The number of hydrogen-bond acceptors (Lipinski definition) is 2. The number of nitrogens with zero attached hydrogens (tertiary/aromatic N) is 2. The number of likely N-dealkylation sites (tertiary alicyclic amines) is 1. The van der Waals surface area contributed by atoms with Gasteiger partial charge in [-0.05, 0) is 141 Å². The molecule has 2 nitrogen and oxygen atoms in total. The minimum absolute atomic E-state index is 0.585. The van der Waals surface area contributed by atoms with Crippen LogP contribution in [0.1, 0.15) is 86.3 Å². The van der Waals surface area contributed by atoms with Crippen LogP contribution >= 0.6 is 11.6 Å². The highest BCUT2D eigenvalue weighted by Crippen LogP contribution is 2.29. The zero-order valence-electron chi connectivity index (χ0n) is 26.9. The molecule has 1 atom stereocenters. The molecule has 0 aliphatic carbocycles. The lowest BCUT2D eigenvalue weighted by Crippen LogP contribution is -2.30. The first kappa shape index (κ1) is 32.5. The second-order valence-corrected chi connectivity index (χ2v) is 13.1. The molecule has 0 radical (unpaired) electrons. The van der Waals surface area contributed by atoms with Crippen LogP contribution in [0, 0.1) is 12.8 Å². The first-order chi connectivity index (χ1) is 20.3. The summed E-state index contributed by atoms with van der Waals surface area (Å²) in [5.41, 5.74) is 10.6. The van der Waals surface area contributed by atoms with E-state index in [2.05, 4.69) is 106 Å². The minimum Gasteiger partial charge on any atom is -0.303 e. The first-order valence-corrected chi connectivity index (χ1v) is 16.7. The molecule has 0 bridgehead atoms. The molecule has 0 spiro atoms. The summed E-state index contributed by atoms with van der Waals surface area (Å²) in [6.07, 6.45) is 11.3. The predicted octanol–water partition coefficient (Wildman–Crippen LogP) is 10.0. The van der Waals surface area contributed by atoms with Crippen LogP contribution in [0.4, 0.5) is 0 Å². The summed E-state index contributed by atoms with van der Waals surface area (Å²) in [7, 11) is 2.21. The monoisotopic (exact) mass is 584 g/mol. The molecule has 1 aliphatic rings. The Balaban J connectivity index is 1.40. The van der Waals surface area contributed by atoms with Crippen molar-refractivity contribution in [2.45, 2.75) is 91.6 Å². The van der Waals surface area contributed by atoms with Gasteiger partial charge >= 0.3 is 0 Å². The van der Waals surface area contributed by atoms with Gasteiger partial charge in [-0.1, -0.05) is 87.5 Å².